The monoisotopic (exact) mass is 304 g/mol. The number of nitrogens with zero attached hydrogens (tertiary/aromatic N) is 1. The molecule has 1 fully saturated rings. The summed E-state index contributed by atoms with van der Waals surface area (Å²) in [4.78, 5) is 14.1. The molecule has 118 valence electrons. The van der Waals surface area contributed by atoms with Gasteiger partial charge in [0.25, 0.3) is 0 Å². The Labute approximate surface area is 123 Å². The maximum atomic E-state index is 12.4. The van der Waals surface area contributed by atoms with Crippen LogP contribution < -0.4 is 5.32 Å². The van der Waals surface area contributed by atoms with E-state index < -0.39 is 9.84 Å². The Morgan fingerprint density at radius 2 is 2.00 bits per heavy atom. The molecule has 1 saturated heterocycles. The highest BCUT2D eigenvalue weighted by Crippen LogP contribution is 2.20. The summed E-state index contributed by atoms with van der Waals surface area (Å²) in [6, 6.07) is -0.140. The minimum Gasteiger partial charge on any atom is -0.325 e. The van der Waals surface area contributed by atoms with Crippen molar-refractivity contribution in [1.82, 2.24) is 10.2 Å². The Morgan fingerprint density at radius 3 is 2.50 bits per heavy atom. The van der Waals surface area contributed by atoms with Crippen molar-refractivity contribution in [3.63, 3.8) is 0 Å². The standard InChI is InChI=1S/C14H28N2O3S/c1-5-6-7-12-14(17)16(8-9-20(4,18)19)13(15-12)10-11(2)3/h11-13,15H,5-10H2,1-4H3. The first-order valence-corrected chi connectivity index (χ1v) is 9.55. The predicted molar refractivity (Wildman–Crippen MR) is 81.1 cm³/mol. The fraction of sp³-hybridized carbons (Fsp3) is 0.929. The van der Waals surface area contributed by atoms with Gasteiger partial charge in [0, 0.05) is 12.8 Å². The summed E-state index contributed by atoms with van der Waals surface area (Å²) in [5, 5.41) is 3.37. The second kappa shape index (κ2) is 7.41. The quantitative estimate of drug-likeness (QED) is 0.736. The molecule has 2 unspecified atom stereocenters. The molecule has 0 aromatic heterocycles. The number of rotatable bonds is 8. The normalized spacial score (nSPS) is 23.9. The molecule has 0 aliphatic carbocycles. The lowest BCUT2D eigenvalue weighted by molar-refractivity contribution is -0.130. The van der Waals surface area contributed by atoms with E-state index in [1.807, 2.05) is 0 Å². The van der Waals surface area contributed by atoms with Crippen LogP contribution in [0.2, 0.25) is 0 Å². The van der Waals surface area contributed by atoms with Crippen molar-refractivity contribution in [2.75, 3.05) is 18.6 Å². The molecular formula is C14H28N2O3S. The zero-order chi connectivity index (χ0) is 15.3. The van der Waals surface area contributed by atoms with Crippen LogP contribution >= 0.6 is 0 Å². The fourth-order valence-electron chi connectivity index (χ4n) is 2.53. The van der Waals surface area contributed by atoms with E-state index in [9.17, 15) is 13.2 Å². The first kappa shape index (κ1) is 17.4. The van der Waals surface area contributed by atoms with Crippen LogP contribution in [0.25, 0.3) is 0 Å². The molecule has 20 heavy (non-hydrogen) atoms. The number of carbonyl (C=O) groups is 1. The third-order valence-electron chi connectivity index (χ3n) is 3.59. The molecule has 1 amide bonds. The Morgan fingerprint density at radius 1 is 1.35 bits per heavy atom. The first-order valence-electron chi connectivity index (χ1n) is 7.48. The zero-order valence-corrected chi connectivity index (χ0v) is 13.9. The van der Waals surface area contributed by atoms with E-state index in [0.717, 1.165) is 25.7 Å². The van der Waals surface area contributed by atoms with Gasteiger partial charge in [-0.15, -0.1) is 0 Å². The van der Waals surface area contributed by atoms with Crippen molar-refractivity contribution < 1.29 is 13.2 Å². The van der Waals surface area contributed by atoms with Crippen LogP contribution in [-0.4, -0.2) is 50.0 Å². The highest BCUT2D eigenvalue weighted by atomic mass is 32.2. The zero-order valence-electron chi connectivity index (χ0n) is 13.1. The van der Waals surface area contributed by atoms with Crippen molar-refractivity contribution >= 4 is 15.7 Å². The fourth-order valence-corrected chi connectivity index (χ4v) is 3.06. The summed E-state index contributed by atoms with van der Waals surface area (Å²) in [5.74, 6) is 0.564. The third-order valence-corrected chi connectivity index (χ3v) is 4.52. The van der Waals surface area contributed by atoms with E-state index in [4.69, 9.17) is 0 Å². The summed E-state index contributed by atoms with van der Waals surface area (Å²) in [5.41, 5.74) is 0. The number of nitrogens with one attached hydrogen (secondary N) is 1. The molecule has 2 atom stereocenters. The number of amides is 1. The van der Waals surface area contributed by atoms with Gasteiger partial charge in [-0.25, -0.2) is 8.42 Å². The molecule has 1 aliphatic heterocycles. The van der Waals surface area contributed by atoms with Crippen LogP contribution in [0.1, 0.15) is 46.5 Å². The summed E-state index contributed by atoms with van der Waals surface area (Å²) < 4.78 is 22.6. The van der Waals surface area contributed by atoms with Crippen LogP contribution in [0, 0.1) is 5.92 Å². The molecule has 0 bridgehead atoms. The van der Waals surface area contributed by atoms with E-state index in [0.29, 0.717) is 12.5 Å². The van der Waals surface area contributed by atoms with E-state index in [-0.39, 0.29) is 23.9 Å². The molecule has 6 heteroatoms. The largest absolute Gasteiger partial charge is 0.325 e. The molecule has 1 aliphatic rings. The third kappa shape index (κ3) is 5.40. The minimum absolute atomic E-state index is 0.0221. The molecule has 0 saturated carbocycles. The highest BCUT2D eigenvalue weighted by molar-refractivity contribution is 7.90. The van der Waals surface area contributed by atoms with Gasteiger partial charge in [-0.05, 0) is 18.8 Å². The van der Waals surface area contributed by atoms with E-state index in [2.05, 4.69) is 26.1 Å². The van der Waals surface area contributed by atoms with Gasteiger partial charge in [0.2, 0.25) is 5.91 Å². The number of hydrogen-bond donors (Lipinski definition) is 1. The van der Waals surface area contributed by atoms with Crippen LogP contribution in [0.15, 0.2) is 0 Å². The topological polar surface area (TPSA) is 66.5 Å². The lowest BCUT2D eigenvalue weighted by Crippen LogP contribution is -2.40. The van der Waals surface area contributed by atoms with E-state index in [1.165, 1.54) is 6.26 Å². The molecular weight excluding hydrogens is 276 g/mol. The van der Waals surface area contributed by atoms with Crippen molar-refractivity contribution in [1.29, 1.82) is 0 Å². The number of carbonyl (C=O) groups excluding carboxylic acids is 1. The van der Waals surface area contributed by atoms with Gasteiger partial charge >= 0.3 is 0 Å². The van der Waals surface area contributed by atoms with Crippen molar-refractivity contribution in [3.8, 4) is 0 Å². The molecule has 0 aromatic rings. The SMILES string of the molecule is CCCCC1NC(CC(C)C)N(CCS(C)(=O)=O)C1=O. The predicted octanol–water partition coefficient (Wildman–Crippen LogP) is 1.39. The Bertz CT molecular complexity index is 420. The first-order chi connectivity index (χ1) is 9.24. The van der Waals surface area contributed by atoms with Gasteiger partial charge in [0.05, 0.1) is 18.0 Å². The number of unbranched alkanes of at least 4 members (excludes halogenated alkanes) is 1. The molecule has 1 heterocycles. The highest BCUT2D eigenvalue weighted by Gasteiger charge is 2.38. The summed E-state index contributed by atoms with van der Waals surface area (Å²) >= 11 is 0. The summed E-state index contributed by atoms with van der Waals surface area (Å²) in [7, 11) is -3.04. The molecule has 0 spiro atoms. The Hall–Kier alpha value is -0.620. The minimum atomic E-state index is -3.04. The van der Waals surface area contributed by atoms with Crippen molar-refractivity contribution in [2.24, 2.45) is 5.92 Å². The smallest absolute Gasteiger partial charge is 0.241 e. The van der Waals surface area contributed by atoms with Gasteiger partial charge in [-0.2, -0.15) is 0 Å². The molecule has 0 aromatic carbocycles. The Kier molecular flexibility index (Phi) is 6.45. The second-order valence-electron chi connectivity index (χ2n) is 6.17. The molecule has 0 radical (unpaired) electrons. The van der Waals surface area contributed by atoms with Crippen molar-refractivity contribution in [3.05, 3.63) is 0 Å². The summed E-state index contributed by atoms with van der Waals surface area (Å²) in [6.45, 7) is 6.62. The lowest BCUT2D eigenvalue weighted by atomic mass is 10.1. The van der Waals surface area contributed by atoms with Crippen LogP contribution in [0.3, 0.4) is 0 Å². The summed E-state index contributed by atoms with van der Waals surface area (Å²) in [6.07, 6.45) is 4.96. The van der Waals surface area contributed by atoms with Crippen LogP contribution in [-0.2, 0) is 14.6 Å². The van der Waals surface area contributed by atoms with Crippen molar-refractivity contribution in [2.45, 2.75) is 58.7 Å². The Balaban J connectivity index is 2.71. The maximum absolute atomic E-state index is 12.4. The van der Waals surface area contributed by atoms with Gasteiger partial charge in [-0.1, -0.05) is 33.6 Å². The van der Waals surface area contributed by atoms with E-state index in [1.54, 1.807) is 4.90 Å². The van der Waals surface area contributed by atoms with Gasteiger partial charge in [0.1, 0.15) is 9.84 Å². The van der Waals surface area contributed by atoms with Crippen LogP contribution in [0.4, 0.5) is 0 Å². The lowest BCUT2D eigenvalue weighted by Gasteiger charge is -2.25. The maximum Gasteiger partial charge on any atom is 0.241 e. The van der Waals surface area contributed by atoms with Gasteiger partial charge < -0.3 is 4.90 Å². The molecule has 1 N–H and O–H groups in total. The molecule has 1 rings (SSSR count). The van der Waals surface area contributed by atoms with Gasteiger partial charge in [0.15, 0.2) is 0 Å². The second-order valence-corrected chi connectivity index (χ2v) is 8.43. The van der Waals surface area contributed by atoms with Crippen LogP contribution in [0.5, 0.6) is 0 Å². The molecule has 5 nitrogen and oxygen atoms in total. The van der Waals surface area contributed by atoms with E-state index >= 15 is 0 Å². The van der Waals surface area contributed by atoms with Gasteiger partial charge in [-0.3, -0.25) is 10.1 Å². The number of hydrogen-bond acceptors (Lipinski definition) is 4. The average Bonchev–Trinajstić information content (AvgIpc) is 2.59. The number of sulfone groups is 1. The average molecular weight is 304 g/mol.